The Morgan fingerprint density at radius 2 is 2.12 bits per heavy atom. The molecule has 1 aromatic rings. The molecule has 0 aromatic carbocycles. The number of hydrogen-bond acceptors (Lipinski definition) is 5. The lowest BCUT2D eigenvalue weighted by molar-refractivity contribution is 0.315. The van der Waals surface area contributed by atoms with E-state index in [0.717, 1.165) is 11.9 Å². The van der Waals surface area contributed by atoms with Gasteiger partial charge in [0.05, 0.1) is 20.0 Å². The van der Waals surface area contributed by atoms with Gasteiger partial charge < -0.3 is 4.74 Å². The summed E-state index contributed by atoms with van der Waals surface area (Å²) in [5.41, 5.74) is 0.858. The smallest absolute Gasteiger partial charge is 0.264 e. The van der Waals surface area contributed by atoms with Crippen LogP contribution >= 0.6 is 0 Å². The molecule has 90 valence electrons. The first-order valence-electron chi connectivity index (χ1n) is 4.85. The molecule has 1 aromatic heterocycles. The van der Waals surface area contributed by atoms with Crippen molar-refractivity contribution in [3.63, 3.8) is 0 Å². The van der Waals surface area contributed by atoms with Crippen molar-refractivity contribution in [2.75, 3.05) is 20.0 Å². The van der Waals surface area contributed by atoms with Gasteiger partial charge >= 0.3 is 0 Å². The van der Waals surface area contributed by atoms with Gasteiger partial charge in [-0.3, -0.25) is 4.18 Å². The quantitative estimate of drug-likeness (QED) is 0.552. The Bertz CT molecular complexity index is 430. The maximum absolute atomic E-state index is 10.7. The van der Waals surface area contributed by atoms with Crippen molar-refractivity contribution >= 4 is 10.1 Å². The molecule has 0 saturated heterocycles. The second-order valence-corrected chi connectivity index (χ2v) is 4.94. The molecule has 0 spiro atoms. The minimum atomic E-state index is -3.34. The van der Waals surface area contributed by atoms with E-state index in [1.807, 2.05) is 12.1 Å². The van der Waals surface area contributed by atoms with Gasteiger partial charge in [-0.25, -0.2) is 4.98 Å². The third kappa shape index (κ3) is 5.09. The Hall–Kier alpha value is -1.14. The van der Waals surface area contributed by atoms with Gasteiger partial charge in [0.2, 0.25) is 5.88 Å². The molecule has 0 saturated carbocycles. The number of methoxy groups -OCH3 is 1. The first-order valence-corrected chi connectivity index (χ1v) is 6.67. The lowest BCUT2D eigenvalue weighted by atomic mass is 10.2. The first-order chi connectivity index (χ1) is 7.51. The summed E-state index contributed by atoms with van der Waals surface area (Å²) >= 11 is 0. The zero-order valence-corrected chi connectivity index (χ0v) is 10.2. The third-order valence-electron chi connectivity index (χ3n) is 1.87. The minimum absolute atomic E-state index is 0.178. The number of aromatic nitrogens is 1. The van der Waals surface area contributed by atoms with Crippen LogP contribution in [0.15, 0.2) is 18.2 Å². The van der Waals surface area contributed by atoms with Gasteiger partial charge in [0.15, 0.2) is 0 Å². The van der Waals surface area contributed by atoms with Crippen LogP contribution in [0.5, 0.6) is 5.88 Å². The van der Waals surface area contributed by atoms with Crippen molar-refractivity contribution in [1.29, 1.82) is 0 Å². The van der Waals surface area contributed by atoms with Crippen LogP contribution in [0.2, 0.25) is 0 Å². The maximum Gasteiger partial charge on any atom is 0.264 e. The van der Waals surface area contributed by atoms with E-state index in [4.69, 9.17) is 4.74 Å². The molecule has 0 amide bonds. The molecule has 0 aliphatic carbocycles. The monoisotopic (exact) mass is 245 g/mol. The molecular weight excluding hydrogens is 230 g/mol. The highest BCUT2D eigenvalue weighted by Crippen LogP contribution is 2.08. The highest BCUT2D eigenvalue weighted by molar-refractivity contribution is 7.85. The van der Waals surface area contributed by atoms with E-state index < -0.39 is 10.1 Å². The summed E-state index contributed by atoms with van der Waals surface area (Å²) in [6, 6.07) is 5.47. The van der Waals surface area contributed by atoms with E-state index in [9.17, 15) is 8.42 Å². The van der Waals surface area contributed by atoms with Crippen LogP contribution in [-0.2, 0) is 20.7 Å². The number of aryl methyl sites for hydroxylation is 1. The van der Waals surface area contributed by atoms with Crippen LogP contribution in [0.4, 0.5) is 0 Å². The summed E-state index contributed by atoms with van der Waals surface area (Å²) < 4.78 is 31.0. The second-order valence-electron chi connectivity index (χ2n) is 3.30. The number of pyridine rings is 1. The lowest BCUT2D eigenvalue weighted by Crippen LogP contribution is -2.05. The Morgan fingerprint density at radius 3 is 2.75 bits per heavy atom. The van der Waals surface area contributed by atoms with Crippen LogP contribution in [0.25, 0.3) is 0 Å². The van der Waals surface area contributed by atoms with Crippen molar-refractivity contribution in [3.05, 3.63) is 23.9 Å². The van der Waals surface area contributed by atoms with E-state index in [-0.39, 0.29) is 6.61 Å². The topological polar surface area (TPSA) is 65.5 Å². The molecule has 1 heterocycles. The normalized spacial score (nSPS) is 11.4. The lowest BCUT2D eigenvalue weighted by Gasteiger charge is -2.03. The molecule has 5 nitrogen and oxygen atoms in total. The van der Waals surface area contributed by atoms with Gasteiger partial charge in [-0.2, -0.15) is 8.42 Å². The van der Waals surface area contributed by atoms with Crippen LogP contribution in [0.1, 0.15) is 12.1 Å². The fourth-order valence-electron chi connectivity index (χ4n) is 1.17. The minimum Gasteiger partial charge on any atom is -0.481 e. The van der Waals surface area contributed by atoms with Crippen molar-refractivity contribution in [1.82, 2.24) is 4.98 Å². The predicted molar refractivity (Wildman–Crippen MR) is 59.9 cm³/mol. The zero-order valence-electron chi connectivity index (χ0n) is 9.34. The number of nitrogens with zero attached hydrogens (tertiary/aromatic N) is 1. The summed E-state index contributed by atoms with van der Waals surface area (Å²) in [7, 11) is -1.78. The first kappa shape index (κ1) is 12.9. The largest absolute Gasteiger partial charge is 0.481 e. The van der Waals surface area contributed by atoms with Crippen molar-refractivity contribution < 1.29 is 17.3 Å². The Kier molecular flexibility index (Phi) is 4.70. The van der Waals surface area contributed by atoms with Gasteiger partial charge in [-0.1, -0.05) is 6.07 Å². The molecular formula is C10H15NO4S. The molecule has 0 aliphatic rings. The average Bonchev–Trinajstić information content (AvgIpc) is 2.23. The Balaban J connectivity index is 2.37. The van der Waals surface area contributed by atoms with E-state index in [1.165, 1.54) is 0 Å². The van der Waals surface area contributed by atoms with Crippen LogP contribution in [0.3, 0.4) is 0 Å². The third-order valence-corrected chi connectivity index (χ3v) is 2.46. The summed E-state index contributed by atoms with van der Waals surface area (Å²) in [6.45, 7) is 0.178. The fourth-order valence-corrected chi connectivity index (χ4v) is 1.59. The fraction of sp³-hybridized carbons (Fsp3) is 0.500. The number of rotatable bonds is 6. The van der Waals surface area contributed by atoms with Gasteiger partial charge in [0, 0.05) is 11.8 Å². The highest BCUT2D eigenvalue weighted by Gasteiger charge is 2.02. The Labute approximate surface area is 95.5 Å². The number of ether oxygens (including phenoxy) is 1. The molecule has 0 fully saturated rings. The second kappa shape index (κ2) is 5.81. The molecule has 0 N–H and O–H groups in total. The SMILES string of the molecule is COc1cccc(CCCOS(C)(=O)=O)n1. The van der Waals surface area contributed by atoms with Crippen molar-refractivity contribution in [2.45, 2.75) is 12.8 Å². The summed E-state index contributed by atoms with van der Waals surface area (Å²) in [6.07, 6.45) is 2.30. The molecule has 0 aliphatic heterocycles. The molecule has 16 heavy (non-hydrogen) atoms. The summed E-state index contributed by atoms with van der Waals surface area (Å²) in [5, 5.41) is 0. The highest BCUT2D eigenvalue weighted by atomic mass is 32.2. The van der Waals surface area contributed by atoms with Crippen molar-refractivity contribution in [3.8, 4) is 5.88 Å². The van der Waals surface area contributed by atoms with Crippen LogP contribution in [0, 0.1) is 0 Å². The van der Waals surface area contributed by atoms with Crippen LogP contribution < -0.4 is 4.74 Å². The molecule has 0 radical (unpaired) electrons. The number of hydrogen-bond donors (Lipinski definition) is 0. The van der Waals surface area contributed by atoms with E-state index >= 15 is 0 Å². The van der Waals surface area contributed by atoms with Gasteiger partial charge in [-0.05, 0) is 18.9 Å². The molecule has 1 rings (SSSR count). The van der Waals surface area contributed by atoms with E-state index in [0.29, 0.717) is 18.7 Å². The van der Waals surface area contributed by atoms with Gasteiger partial charge in [0.1, 0.15) is 0 Å². The average molecular weight is 245 g/mol. The Morgan fingerprint density at radius 1 is 1.38 bits per heavy atom. The van der Waals surface area contributed by atoms with Gasteiger partial charge in [-0.15, -0.1) is 0 Å². The molecule has 0 atom stereocenters. The molecule has 0 bridgehead atoms. The van der Waals surface area contributed by atoms with Crippen molar-refractivity contribution in [2.24, 2.45) is 0 Å². The van der Waals surface area contributed by atoms with E-state index in [2.05, 4.69) is 9.17 Å². The van der Waals surface area contributed by atoms with E-state index in [1.54, 1.807) is 13.2 Å². The van der Waals surface area contributed by atoms with Crippen LogP contribution in [-0.4, -0.2) is 33.4 Å². The molecule has 6 heteroatoms. The molecule has 0 unspecified atom stereocenters. The maximum atomic E-state index is 10.7. The van der Waals surface area contributed by atoms with Gasteiger partial charge in [0.25, 0.3) is 10.1 Å². The zero-order chi connectivity index (χ0) is 12.0. The summed E-state index contributed by atoms with van der Waals surface area (Å²) in [4.78, 5) is 4.20. The predicted octanol–water partition coefficient (Wildman–Crippen LogP) is 0.999. The standard InChI is InChI=1S/C10H15NO4S/c1-14-10-7-3-5-9(11-10)6-4-8-15-16(2,12)13/h3,5,7H,4,6,8H2,1-2H3. The summed E-state index contributed by atoms with van der Waals surface area (Å²) in [5.74, 6) is 0.557.